The van der Waals surface area contributed by atoms with Crippen LogP contribution < -0.4 is 0 Å². The SMILES string of the molecule is CC(C)COC1CCC1OC(C)C. The molecule has 2 heteroatoms. The summed E-state index contributed by atoms with van der Waals surface area (Å²) in [6, 6.07) is 0. The maximum Gasteiger partial charge on any atom is 0.0841 e. The van der Waals surface area contributed by atoms with E-state index in [1.807, 2.05) is 0 Å². The van der Waals surface area contributed by atoms with Gasteiger partial charge in [-0.1, -0.05) is 13.8 Å². The summed E-state index contributed by atoms with van der Waals surface area (Å²) in [6.45, 7) is 9.38. The first-order valence-electron chi connectivity index (χ1n) is 5.36. The summed E-state index contributed by atoms with van der Waals surface area (Å²) < 4.78 is 11.4. The fourth-order valence-electron chi connectivity index (χ4n) is 1.45. The summed E-state index contributed by atoms with van der Waals surface area (Å²) in [5, 5.41) is 0. The van der Waals surface area contributed by atoms with E-state index in [0.717, 1.165) is 6.61 Å². The molecule has 1 saturated carbocycles. The van der Waals surface area contributed by atoms with Crippen LogP contribution in [0.5, 0.6) is 0 Å². The number of ether oxygens (including phenoxy) is 2. The third kappa shape index (κ3) is 3.65. The predicted octanol–water partition coefficient (Wildman–Crippen LogP) is 2.62. The summed E-state index contributed by atoms with van der Waals surface area (Å²) in [6.07, 6.45) is 3.39. The number of hydrogen-bond donors (Lipinski definition) is 0. The van der Waals surface area contributed by atoms with Gasteiger partial charge in [-0.25, -0.2) is 0 Å². The van der Waals surface area contributed by atoms with Gasteiger partial charge in [-0.2, -0.15) is 0 Å². The van der Waals surface area contributed by atoms with Crippen LogP contribution in [0.15, 0.2) is 0 Å². The van der Waals surface area contributed by atoms with Crippen molar-refractivity contribution in [2.75, 3.05) is 6.61 Å². The van der Waals surface area contributed by atoms with Gasteiger partial charge in [0.2, 0.25) is 0 Å². The van der Waals surface area contributed by atoms with Crippen molar-refractivity contribution >= 4 is 0 Å². The maximum absolute atomic E-state index is 5.73. The molecule has 2 nitrogen and oxygen atoms in total. The molecule has 1 aliphatic rings. The van der Waals surface area contributed by atoms with Gasteiger partial charge >= 0.3 is 0 Å². The number of rotatable bonds is 5. The summed E-state index contributed by atoms with van der Waals surface area (Å²) in [5.41, 5.74) is 0. The van der Waals surface area contributed by atoms with Crippen LogP contribution in [0.2, 0.25) is 0 Å². The Labute approximate surface area is 81.6 Å². The Hall–Kier alpha value is -0.0800. The molecule has 0 aliphatic heterocycles. The van der Waals surface area contributed by atoms with Gasteiger partial charge in [0.1, 0.15) is 0 Å². The van der Waals surface area contributed by atoms with E-state index in [9.17, 15) is 0 Å². The molecule has 0 heterocycles. The predicted molar refractivity (Wildman–Crippen MR) is 53.8 cm³/mol. The zero-order valence-corrected chi connectivity index (χ0v) is 9.25. The Morgan fingerprint density at radius 3 is 2.08 bits per heavy atom. The van der Waals surface area contributed by atoms with Gasteiger partial charge in [0.15, 0.2) is 0 Å². The van der Waals surface area contributed by atoms with Gasteiger partial charge in [-0.05, 0) is 32.6 Å². The molecular weight excluding hydrogens is 164 g/mol. The van der Waals surface area contributed by atoms with E-state index in [4.69, 9.17) is 9.47 Å². The van der Waals surface area contributed by atoms with Crippen molar-refractivity contribution in [3.63, 3.8) is 0 Å². The third-order valence-electron chi connectivity index (χ3n) is 2.24. The van der Waals surface area contributed by atoms with Gasteiger partial charge in [0.05, 0.1) is 18.3 Å². The van der Waals surface area contributed by atoms with E-state index in [1.165, 1.54) is 12.8 Å². The zero-order chi connectivity index (χ0) is 9.84. The van der Waals surface area contributed by atoms with Crippen molar-refractivity contribution < 1.29 is 9.47 Å². The van der Waals surface area contributed by atoms with Crippen molar-refractivity contribution in [3.8, 4) is 0 Å². The van der Waals surface area contributed by atoms with E-state index >= 15 is 0 Å². The fraction of sp³-hybridized carbons (Fsp3) is 1.00. The molecule has 0 N–H and O–H groups in total. The van der Waals surface area contributed by atoms with Crippen molar-refractivity contribution in [1.82, 2.24) is 0 Å². The van der Waals surface area contributed by atoms with Gasteiger partial charge in [0.25, 0.3) is 0 Å². The molecule has 0 aromatic rings. The molecular formula is C11H22O2. The molecule has 0 bridgehead atoms. The van der Waals surface area contributed by atoms with Crippen LogP contribution >= 0.6 is 0 Å². The largest absolute Gasteiger partial charge is 0.375 e. The average Bonchev–Trinajstić information content (AvgIpc) is 1.98. The molecule has 0 saturated heterocycles. The first-order valence-corrected chi connectivity index (χ1v) is 5.36. The highest BCUT2D eigenvalue weighted by atomic mass is 16.5. The highest BCUT2D eigenvalue weighted by molar-refractivity contribution is 4.83. The fourth-order valence-corrected chi connectivity index (χ4v) is 1.45. The monoisotopic (exact) mass is 186 g/mol. The second kappa shape index (κ2) is 4.97. The Morgan fingerprint density at radius 1 is 1.08 bits per heavy atom. The Bertz CT molecular complexity index is 143. The molecule has 0 aromatic carbocycles. The number of hydrogen-bond acceptors (Lipinski definition) is 2. The topological polar surface area (TPSA) is 18.5 Å². The minimum atomic E-state index is 0.329. The standard InChI is InChI=1S/C11H22O2/c1-8(2)7-12-10-5-6-11(10)13-9(3)4/h8-11H,5-7H2,1-4H3. The molecule has 0 spiro atoms. The lowest BCUT2D eigenvalue weighted by Crippen LogP contribution is -2.43. The molecule has 1 rings (SSSR count). The molecule has 1 aliphatic carbocycles. The van der Waals surface area contributed by atoms with E-state index in [-0.39, 0.29) is 0 Å². The summed E-state index contributed by atoms with van der Waals surface area (Å²) in [4.78, 5) is 0. The Morgan fingerprint density at radius 2 is 1.69 bits per heavy atom. The molecule has 2 atom stereocenters. The van der Waals surface area contributed by atoms with Gasteiger partial charge in [-0.3, -0.25) is 0 Å². The highest BCUT2D eigenvalue weighted by Crippen LogP contribution is 2.27. The first kappa shape index (κ1) is 11.0. The van der Waals surface area contributed by atoms with Crippen molar-refractivity contribution in [2.24, 2.45) is 5.92 Å². The zero-order valence-electron chi connectivity index (χ0n) is 9.25. The highest BCUT2D eigenvalue weighted by Gasteiger charge is 2.33. The molecule has 78 valence electrons. The van der Waals surface area contributed by atoms with Gasteiger partial charge in [-0.15, -0.1) is 0 Å². The van der Waals surface area contributed by atoms with Crippen LogP contribution in [-0.4, -0.2) is 24.9 Å². The third-order valence-corrected chi connectivity index (χ3v) is 2.24. The lowest BCUT2D eigenvalue weighted by molar-refractivity contribution is -0.147. The Kier molecular flexibility index (Phi) is 4.20. The lowest BCUT2D eigenvalue weighted by Gasteiger charge is -2.37. The summed E-state index contributed by atoms with van der Waals surface area (Å²) in [7, 11) is 0. The molecule has 1 fully saturated rings. The van der Waals surface area contributed by atoms with Gasteiger partial charge < -0.3 is 9.47 Å². The molecule has 0 radical (unpaired) electrons. The minimum Gasteiger partial charge on any atom is -0.375 e. The van der Waals surface area contributed by atoms with Crippen LogP contribution in [0.1, 0.15) is 40.5 Å². The van der Waals surface area contributed by atoms with E-state index in [0.29, 0.717) is 24.2 Å². The van der Waals surface area contributed by atoms with Crippen LogP contribution in [0, 0.1) is 5.92 Å². The van der Waals surface area contributed by atoms with Gasteiger partial charge in [0, 0.05) is 6.61 Å². The molecule has 2 unspecified atom stereocenters. The quantitative estimate of drug-likeness (QED) is 0.657. The smallest absolute Gasteiger partial charge is 0.0841 e. The minimum absolute atomic E-state index is 0.329. The van der Waals surface area contributed by atoms with Crippen molar-refractivity contribution in [3.05, 3.63) is 0 Å². The maximum atomic E-state index is 5.73. The Balaban J connectivity index is 2.13. The normalized spacial score (nSPS) is 28.2. The molecule has 0 aromatic heterocycles. The van der Waals surface area contributed by atoms with E-state index in [2.05, 4.69) is 27.7 Å². The summed E-state index contributed by atoms with van der Waals surface area (Å²) >= 11 is 0. The first-order chi connectivity index (χ1) is 6.09. The molecule has 13 heavy (non-hydrogen) atoms. The lowest BCUT2D eigenvalue weighted by atomic mass is 9.91. The summed E-state index contributed by atoms with van der Waals surface area (Å²) in [5.74, 6) is 0.625. The molecule has 0 amide bonds. The second-order valence-electron chi connectivity index (χ2n) is 4.57. The van der Waals surface area contributed by atoms with Crippen LogP contribution in [-0.2, 0) is 9.47 Å². The van der Waals surface area contributed by atoms with Crippen molar-refractivity contribution in [1.29, 1.82) is 0 Å². The van der Waals surface area contributed by atoms with Crippen molar-refractivity contribution in [2.45, 2.75) is 58.8 Å². The van der Waals surface area contributed by atoms with Crippen LogP contribution in [0.4, 0.5) is 0 Å². The van der Waals surface area contributed by atoms with E-state index in [1.54, 1.807) is 0 Å². The second-order valence-corrected chi connectivity index (χ2v) is 4.57. The van der Waals surface area contributed by atoms with Crippen LogP contribution in [0.25, 0.3) is 0 Å². The average molecular weight is 186 g/mol. The van der Waals surface area contributed by atoms with E-state index < -0.39 is 0 Å². The van der Waals surface area contributed by atoms with Crippen LogP contribution in [0.3, 0.4) is 0 Å².